The lowest BCUT2D eigenvalue weighted by atomic mass is 10.3. The number of hydrogen-bond acceptors (Lipinski definition) is 4. The molecule has 17 heavy (non-hydrogen) atoms. The molecule has 0 saturated carbocycles. The lowest BCUT2D eigenvalue weighted by Crippen LogP contribution is -2.22. The van der Waals surface area contributed by atoms with Gasteiger partial charge in [0, 0.05) is 12.6 Å². The molecule has 2 N–H and O–H groups in total. The summed E-state index contributed by atoms with van der Waals surface area (Å²) >= 11 is 0. The maximum absolute atomic E-state index is 13.1. The summed E-state index contributed by atoms with van der Waals surface area (Å²) < 4.78 is 53.0. The second-order valence-electron chi connectivity index (χ2n) is 3.36. The maximum atomic E-state index is 13.1. The first-order chi connectivity index (χ1) is 7.94. The largest absolute Gasteiger partial charge is 0.489 e. The van der Waals surface area contributed by atoms with Gasteiger partial charge in [-0.25, -0.2) is 17.2 Å². The lowest BCUT2D eigenvalue weighted by Gasteiger charge is -2.07. The van der Waals surface area contributed by atoms with Gasteiger partial charge >= 0.3 is 0 Å². The third-order valence-corrected chi connectivity index (χ3v) is 3.62. The van der Waals surface area contributed by atoms with Gasteiger partial charge in [0.15, 0.2) is 21.4 Å². The summed E-state index contributed by atoms with van der Waals surface area (Å²) in [7, 11) is -3.27. The number of rotatable bonds is 6. The van der Waals surface area contributed by atoms with Crippen molar-refractivity contribution in [1.29, 1.82) is 0 Å². The average molecular weight is 265 g/mol. The number of halogens is 2. The molecule has 1 aromatic rings. The molecule has 0 fully saturated rings. The molecule has 1 aromatic carbocycles. The molecule has 0 heterocycles. The highest BCUT2D eigenvalue weighted by atomic mass is 32.2. The summed E-state index contributed by atoms with van der Waals surface area (Å²) in [6, 6.07) is 2.82. The van der Waals surface area contributed by atoms with Gasteiger partial charge in [-0.3, -0.25) is 0 Å². The number of ether oxygens (including phenoxy) is 1. The summed E-state index contributed by atoms with van der Waals surface area (Å²) in [5.41, 5.74) is 5.12. The van der Waals surface area contributed by atoms with Crippen LogP contribution < -0.4 is 10.5 Å². The van der Waals surface area contributed by atoms with E-state index in [4.69, 9.17) is 10.5 Å². The second kappa shape index (κ2) is 5.92. The molecule has 0 aliphatic carbocycles. The quantitative estimate of drug-likeness (QED) is 0.822. The van der Waals surface area contributed by atoms with Crippen molar-refractivity contribution in [3.63, 3.8) is 0 Å². The van der Waals surface area contributed by atoms with Crippen LogP contribution in [0.4, 0.5) is 8.78 Å². The second-order valence-corrected chi connectivity index (χ2v) is 5.67. The Balaban J connectivity index is 2.51. The molecule has 0 aromatic heterocycles. The molecule has 7 heteroatoms. The van der Waals surface area contributed by atoms with E-state index in [1.54, 1.807) is 0 Å². The van der Waals surface area contributed by atoms with Crippen LogP contribution in [-0.4, -0.2) is 33.1 Å². The highest BCUT2D eigenvalue weighted by Gasteiger charge is 2.11. The van der Waals surface area contributed by atoms with E-state index in [1.165, 1.54) is 0 Å². The third kappa shape index (κ3) is 4.66. The Bertz CT molecular complexity index is 476. The Kier molecular flexibility index (Phi) is 4.83. The van der Waals surface area contributed by atoms with E-state index in [1.807, 2.05) is 0 Å². The smallest absolute Gasteiger partial charge is 0.167 e. The van der Waals surface area contributed by atoms with E-state index in [2.05, 4.69) is 0 Å². The predicted octanol–water partition coefficient (Wildman–Crippen LogP) is 0.717. The average Bonchev–Trinajstić information content (AvgIpc) is 2.21. The Labute approximate surface area is 98.3 Å². The van der Waals surface area contributed by atoms with Crippen LogP contribution in [0.15, 0.2) is 18.2 Å². The number of nitrogens with two attached hydrogens (primary N) is 1. The van der Waals surface area contributed by atoms with Crippen molar-refractivity contribution in [2.24, 2.45) is 5.73 Å². The number of hydrogen-bond donors (Lipinski definition) is 1. The third-order valence-electron chi connectivity index (χ3n) is 1.97. The van der Waals surface area contributed by atoms with Crippen LogP contribution in [0.5, 0.6) is 5.75 Å². The van der Waals surface area contributed by atoms with Gasteiger partial charge in [-0.15, -0.1) is 0 Å². The molecule has 0 saturated heterocycles. The van der Waals surface area contributed by atoms with Gasteiger partial charge in [0.25, 0.3) is 0 Å². The Morgan fingerprint density at radius 2 is 1.94 bits per heavy atom. The highest BCUT2D eigenvalue weighted by Crippen LogP contribution is 2.17. The Hall–Kier alpha value is -1.21. The van der Waals surface area contributed by atoms with Crippen molar-refractivity contribution in [3.05, 3.63) is 29.8 Å². The summed E-state index contributed by atoms with van der Waals surface area (Å²) in [5.74, 6) is -2.13. The molecule has 0 aliphatic heterocycles. The van der Waals surface area contributed by atoms with Gasteiger partial charge in [-0.1, -0.05) is 0 Å². The maximum Gasteiger partial charge on any atom is 0.167 e. The SMILES string of the molecule is NCCS(=O)(=O)CCOc1ccc(F)cc1F. The van der Waals surface area contributed by atoms with Gasteiger partial charge in [0.05, 0.1) is 11.5 Å². The molecule has 96 valence electrons. The molecule has 0 amide bonds. The zero-order valence-electron chi connectivity index (χ0n) is 9.03. The summed E-state index contributed by atoms with van der Waals surface area (Å²) in [5, 5.41) is 0. The minimum absolute atomic E-state index is 0.0350. The first-order valence-corrected chi connectivity index (χ1v) is 6.75. The van der Waals surface area contributed by atoms with Gasteiger partial charge in [0.2, 0.25) is 0 Å². The lowest BCUT2D eigenvalue weighted by molar-refractivity contribution is 0.321. The van der Waals surface area contributed by atoms with Crippen LogP contribution in [0, 0.1) is 11.6 Å². The summed E-state index contributed by atoms with van der Waals surface area (Å²) in [6.07, 6.45) is 0. The number of benzene rings is 1. The molecule has 0 spiro atoms. The Morgan fingerprint density at radius 1 is 1.24 bits per heavy atom. The van der Waals surface area contributed by atoms with Crippen LogP contribution in [-0.2, 0) is 9.84 Å². The first-order valence-electron chi connectivity index (χ1n) is 4.93. The van der Waals surface area contributed by atoms with Crippen molar-refractivity contribution in [1.82, 2.24) is 0 Å². The van der Waals surface area contributed by atoms with Crippen molar-refractivity contribution >= 4 is 9.84 Å². The van der Waals surface area contributed by atoms with Crippen molar-refractivity contribution in [3.8, 4) is 5.75 Å². The van der Waals surface area contributed by atoms with E-state index in [0.717, 1.165) is 12.1 Å². The van der Waals surface area contributed by atoms with Crippen molar-refractivity contribution < 1.29 is 21.9 Å². The van der Waals surface area contributed by atoms with Crippen LogP contribution in [0.25, 0.3) is 0 Å². The fraction of sp³-hybridized carbons (Fsp3) is 0.400. The predicted molar refractivity (Wildman–Crippen MR) is 59.6 cm³/mol. The molecule has 0 radical (unpaired) electrons. The zero-order chi connectivity index (χ0) is 12.9. The minimum atomic E-state index is -3.27. The van der Waals surface area contributed by atoms with E-state index in [9.17, 15) is 17.2 Å². The molecule has 0 atom stereocenters. The standard InChI is InChI=1S/C10H13F2NO3S/c11-8-1-2-10(9(12)7-8)16-4-6-17(14,15)5-3-13/h1-2,7H,3-6,13H2. The van der Waals surface area contributed by atoms with Crippen molar-refractivity contribution in [2.75, 3.05) is 24.7 Å². The van der Waals surface area contributed by atoms with Gasteiger partial charge in [-0.05, 0) is 12.1 Å². The highest BCUT2D eigenvalue weighted by molar-refractivity contribution is 7.91. The van der Waals surface area contributed by atoms with Gasteiger partial charge in [0.1, 0.15) is 12.4 Å². The van der Waals surface area contributed by atoms with E-state index in [-0.39, 0.29) is 30.4 Å². The minimum Gasteiger partial charge on any atom is -0.489 e. The van der Waals surface area contributed by atoms with Crippen LogP contribution >= 0.6 is 0 Å². The fourth-order valence-electron chi connectivity index (χ4n) is 1.15. The molecular weight excluding hydrogens is 252 g/mol. The van der Waals surface area contributed by atoms with Crippen LogP contribution in [0.3, 0.4) is 0 Å². The zero-order valence-corrected chi connectivity index (χ0v) is 9.84. The molecule has 0 aliphatic rings. The molecule has 4 nitrogen and oxygen atoms in total. The number of sulfone groups is 1. The first kappa shape index (κ1) is 13.9. The van der Waals surface area contributed by atoms with E-state index >= 15 is 0 Å². The normalized spacial score (nSPS) is 11.5. The van der Waals surface area contributed by atoms with E-state index in [0.29, 0.717) is 6.07 Å². The van der Waals surface area contributed by atoms with Gasteiger partial charge in [-0.2, -0.15) is 0 Å². The topological polar surface area (TPSA) is 69.4 Å². The van der Waals surface area contributed by atoms with Gasteiger partial charge < -0.3 is 10.5 Å². The van der Waals surface area contributed by atoms with Crippen molar-refractivity contribution in [2.45, 2.75) is 0 Å². The Morgan fingerprint density at radius 3 is 2.53 bits per heavy atom. The monoisotopic (exact) mass is 265 g/mol. The summed E-state index contributed by atoms with van der Waals surface area (Å²) in [6.45, 7) is -0.155. The van der Waals surface area contributed by atoms with E-state index < -0.39 is 21.5 Å². The molecule has 1 rings (SSSR count). The van der Waals surface area contributed by atoms with Crippen LogP contribution in [0.1, 0.15) is 0 Å². The molecule has 0 unspecified atom stereocenters. The molecule has 0 bridgehead atoms. The molecular formula is C10H13F2NO3S. The summed E-state index contributed by atoms with van der Waals surface area (Å²) in [4.78, 5) is 0. The van der Waals surface area contributed by atoms with Crippen LogP contribution in [0.2, 0.25) is 0 Å². The fourth-order valence-corrected chi connectivity index (χ4v) is 2.05.